The van der Waals surface area contributed by atoms with Crippen LogP contribution in [-0.2, 0) is 4.74 Å². The van der Waals surface area contributed by atoms with Crippen LogP contribution in [-0.4, -0.2) is 48.5 Å². The van der Waals surface area contributed by atoms with Gasteiger partial charge in [-0.25, -0.2) is 4.98 Å². The van der Waals surface area contributed by atoms with E-state index in [1.54, 1.807) is 7.11 Å². The van der Waals surface area contributed by atoms with Crippen LogP contribution in [0.25, 0.3) is 11.0 Å². The van der Waals surface area contributed by atoms with Crippen molar-refractivity contribution in [2.75, 3.05) is 32.2 Å². The van der Waals surface area contributed by atoms with Crippen LogP contribution >= 0.6 is 0 Å². The molecule has 1 atom stereocenters. The first kappa shape index (κ1) is 12.7. The van der Waals surface area contributed by atoms with Gasteiger partial charge in [0.2, 0.25) is 5.95 Å². The predicted octanol–water partition coefficient (Wildman–Crippen LogP) is 0.435. The lowest BCUT2D eigenvalue weighted by atomic mass is 10.3. The number of nitrogens with zero attached hydrogens (tertiary/aromatic N) is 4. The largest absolute Gasteiger partial charge is 0.383 e. The molecule has 6 heteroatoms. The van der Waals surface area contributed by atoms with Gasteiger partial charge < -0.3 is 15.4 Å². The molecule has 1 unspecified atom stereocenters. The lowest BCUT2D eigenvalue weighted by Gasteiger charge is -2.20. The van der Waals surface area contributed by atoms with Crippen molar-refractivity contribution in [3.63, 3.8) is 0 Å². The van der Waals surface area contributed by atoms with Crippen molar-refractivity contribution >= 4 is 17.0 Å². The SMILES string of the molecule is COCC(N)CN(C)c1nnc2ccccc2n1. The van der Waals surface area contributed by atoms with Gasteiger partial charge >= 0.3 is 0 Å². The average Bonchev–Trinajstić information content (AvgIpc) is 2.38. The third-order valence-electron chi connectivity index (χ3n) is 2.58. The van der Waals surface area contributed by atoms with E-state index in [1.165, 1.54) is 0 Å². The molecule has 18 heavy (non-hydrogen) atoms. The van der Waals surface area contributed by atoms with Gasteiger partial charge in [-0.2, -0.15) is 0 Å². The second-order valence-electron chi connectivity index (χ2n) is 4.20. The normalized spacial score (nSPS) is 12.6. The van der Waals surface area contributed by atoms with Crippen molar-refractivity contribution < 1.29 is 4.74 Å². The molecule has 2 N–H and O–H groups in total. The molecule has 0 fully saturated rings. The number of ether oxygens (including phenoxy) is 1. The van der Waals surface area contributed by atoms with Gasteiger partial charge in [0, 0.05) is 26.7 Å². The minimum absolute atomic E-state index is 0.0740. The van der Waals surface area contributed by atoms with Gasteiger partial charge in [-0.05, 0) is 12.1 Å². The van der Waals surface area contributed by atoms with E-state index >= 15 is 0 Å². The van der Waals surface area contributed by atoms with Crippen LogP contribution in [0, 0.1) is 0 Å². The number of anilines is 1. The summed E-state index contributed by atoms with van der Waals surface area (Å²) in [6, 6.07) is 7.57. The quantitative estimate of drug-likeness (QED) is 0.826. The molecule has 1 heterocycles. The Balaban J connectivity index is 2.15. The molecule has 0 saturated heterocycles. The fourth-order valence-corrected chi connectivity index (χ4v) is 1.73. The van der Waals surface area contributed by atoms with E-state index in [0.29, 0.717) is 19.1 Å². The molecule has 0 aliphatic rings. The summed E-state index contributed by atoms with van der Waals surface area (Å²) in [5.74, 6) is 0.570. The number of fused-ring (bicyclic) bond motifs is 1. The Morgan fingerprint density at radius 3 is 2.72 bits per heavy atom. The summed E-state index contributed by atoms with van der Waals surface area (Å²) in [4.78, 5) is 6.32. The molecule has 0 amide bonds. The van der Waals surface area contributed by atoms with E-state index in [-0.39, 0.29) is 6.04 Å². The number of hydrogen-bond donors (Lipinski definition) is 1. The predicted molar refractivity (Wildman–Crippen MR) is 70.5 cm³/mol. The van der Waals surface area contributed by atoms with Gasteiger partial charge in [-0.15, -0.1) is 10.2 Å². The number of para-hydroxylation sites is 1. The van der Waals surface area contributed by atoms with Crippen LogP contribution in [0.15, 0.2) is 24.3 Å². The molecule has 0 radical (unpaired) electrons. The molecule has 1 aromatic heterocycles. The molecule has 0 aliphatic heterocycles. The molecule has 1 aromatic carbocycles. The van der Waals surface area contributed by atoms with E-state index in [9.17, 15) is 0 Å². The Morgan fingerprint density at radius 1 is 1.28 bits per heavy atom. The maximum Gasteiger partial charge on any atom is 0.245 e. The Kier molecular flexibility index (Phi) is 4.01. The highest BCUT2D eigenvalue weighted by Crippen LogP contribution is 2.11. The highest BCUT2D eigenvalue weighted by molar-refractivity contribution is 5.74. The smallest absolute Gasteiger partial charge is 0.245 e. The lowest BCUT2D eigenvalue weighted by molar-refractivity contribution is 0.181. The third kappa shape index (κ3) is 2.91. The molecule has 96 valence electrons. The number of methoxy groups -OCH3 is 1. The number of hydrogen-bond acceptors (Lipinski definition) is 6. The number of rotatable bonds is 5. The van der Waals surface area contributed by atoms with Crippen LogP contribution in [0.5, 0.6) is 0 Å². The third-order valence-corrected chi connectivity index (χ3v) is 2.58. The van der Waals surface area contributed by atoms with Crippen LogP contribution in [0.1, 0.15) is 0 Å². The van der Waals surface area contributed by atoms with E-state index in [0.717, 1.165) is 11.0 Å². The first-order valence-electron chi connectivity index (χ1n) is 5.76. The van der Waals surface area contributed by atoms with Gasteiger partial charge in [0.25, 0.3) is 0 Å². The summed E-state index contributed by atoms with van der Waals surface area (Å²) < 4.78 is 5.00. The Hall–Kier alpha value is -1.79. The zero-order valence-electron chi connectivity index (χ0n) is 10.6. The van der Waals surface area contributed by atoms with Crippen molar-refractivity contribution in [2.45, 2.75) is 6.04 Å². The minimum Gasteiger partial charge on any atom is -0.383 e. The van der Waals surface area contributed by atoms with Crippen molar-refractivity contribution in [1.82, 2.24) is 15.2 Å². The van der Waals surface area contributed by atoms with Gasteiger partial charge in [-0.3, -0.25) is 0 Å². The molecule has 2 rings (SSSR count). The Morgan fingerprint density at radius 2 is 2.00 bits per heavy atom. The monoisotopic (exact) mass is 247 g/mol. The molecule has 0 bridgehead atoms. The fourth-order valence-electron chi connectivity index (χ4n) is 1.73. The zero-order valence-corrected chi connectivity index (χ0v) is 10.6. The summed E-state index contributed by atoms with van der Waals surface area (Å²) in [6.07, 6.45) is 0. The van der Waals surface area contributed by atoms with Crippen LogP contribution in [0.2, 0.25) is 0 Å². The summed E-state index contributed by atoms with van der Waals surface area (Å²) in [5.41, 5.74) is 7.51. The first-order chi connectivity index (χ1) is 8.70. The Labute approximate surface area is 106 Å². The fraction of sp³-hybridized carbons (Fsp3) is 0.417. The zero-order chi connectivity index (χ0) is 13.0. The van der Waals surface area contributed by atoms with Crippen LogP contribution < -0.4 is 10.6 Å². The second kappa shape index (κ2) is 5.70. The van der Waals surface area contributed by atoms with Crippen molar-refractivity contribution in [1.29, 1.82) is 0 Å². The molecule has 0 saturated carbocycles. The van der Waals surface area contributed by atoms with E-state index < -0.39 is 0 Å². The maximum atomic E-state index is 5.89. The second-order valence-corrected chi connectivity index (χ2v) is 4.20. The van der Waals surface area contributed by atoms with E-state index in [4.69, 9.17) is 10.5 Å². The summed E-state index contributed by atoms with van der Waals surface area (Å²) >= 11 is 0. The van der Waals surface area contributed by atoms with E-state index in [1.807, 2.05) is 36.2 Å². The number of likely N-dealkylation sites (N-methyl/N-ethyl adjacent to an activating group) is 1. The molecule has 0 aliphatic carbocycles. The maximum absolute atomic E-state index is 5.89. The number of benzene rings is 1. The average molecular weight is 247 g/mol. The van der Waals surface area contributed by atoms with Gasteiger partial charge in [-0.1, -0.05) is 12.1 Å². The topological polar surface area (TPSA) is 77.2 Å². The molecule has 2 aromatic rings. The van der Waals surface area contributed by atoms with Crippen molar-refractivity contribution in [2.24, 2.45) is 5.73 Å². The number of nitrogens with two attached hydrogens (primary N) is 1. The molecular weight excluding hydrogens is 230 g/mol. The van der Waals surface area contributed by atoms with Gasteiger partial charge in [0.1, 0.15) is 5.52 Å². The highest BCUT2D eigenvalue weighted by atomic mass is 16.5. The summed E-state index contributed by atoms with van der Waals surface area (Å²) in [5, 5.41) is 8.22. The van der Waals surface area contributed by atoms with Crippen molar-refractivity contribution in [3.05, 3.63) is 24.3 Å². The van der Waals surface area contributed by atoms with Crippen LogP contribution in [0.3, 0.4) is 0 Å². The lowest BCUT2D eigenvalue weighted by Crippen LogP contribution is -2.39. The number of aromatic nitrogens is 3. The first-order valence-corrected chi connectivity index (χ1v) is 5.76. The minimum atomic E-state index is -0.0740. The molecular formula is C12H17N5O. The van der Waals surface area contributed by atoms with E-state index in [2.05, 4.69) is 15.2 Å². The standard InChI is InChI=1S/C12H17N5O/c1-17(7-9(13)8-18-2)12-14-10-5-3-4-6-11(10)15-16-12/h3-6,9H,7-8,13H2,1-2H3. The molecule has 0 spiro atoms. The summed E-state index contributed by atoms with van der Waals surface area (Å²) in [7, 11) is 3.52. The van der Waals surface area contributed by atoms with Crippen LogP contribution in [0.4, 0.5) is 5.95 Å². The van der Waals surface area contributed by atoms with Gasteiger partial charge in [0.05, 0.1) is 12.1 Å². The van der Waals surface area contributed by atoms with Gasteiger partial charge in [0.15, 0.2) is 0 Å². The highest BCUT2D eigenvalue weighted by Gasteiger charge is 2.10. The van der Waals surface area contributed by atoms with Crippen molar-refractivity contribution in [3.8, 4) is 0 Å². The summed E-state index contributed by atoms with van der Waals surface area (Å²) in [6.45, 7) is 1.12. The Bertz CT molecular complexity index is 519. The molecule has 6 nitrogen and oxygen atoms in total.